The summed E-state index contributed by atoms with van der Waals surface area (Å²) in [6, 6.07) is 12.1. The number of fused-ring (bicyclic) bond motifs is 2. The quantitative estimate of drug-likeness (QED) is 0.595. The van der Waals surface area contributed by atoms with E-state index in [1.54, 1.807) is 18.3 Å². The average Bonchev–Trinajstić information content (AvgIpc) is 3.27. The maximum absolute atomic E-state index is 13.2. The Labute approximate surface area is 186 Å². The fraction of sp³-hybridized carbons (Fsp3) is 0.348. The molecule has 5 rings (SSSR count). The van der Waals surface area contributed by atoms with Crippen molar-refractivity contribution in [2.45, 2.75) is 17.9 Å². The molecule has 0 spiro atoms. The SMILES string of the molecule is CC(C(=O)c1c[nH]c2ccccc12)N1CCN(S(=O)(=O)c2ccc3c(c2)OCCO3)CC1. The molecule has 0 aliphatic carbocycles. The molecule has 8 nitrogen and oxygen atoms in total. The van der Waals surface area contributed by atoms with Gasteiger partial charge in [-0.05, 0) is 25.1 Å². The zero-order valence-corrected chi connectivity index (χ0v) is 18.6. The lowest BCUT2D eigenvalue weighted by Gasteiger charge is -2.36. The lowest BCUT2D eigenvalue weighted by Crippen LogP contribution is -2.53. The number of ketones is 1. The van der Waals surface area contributed by atoms with Crippen LogP contribution in [-0.4, -0.2) is 73.8 Å². The number of hydrogen-bond acceptors (Lipinski definition) is 6. The van der Waals surface area contributed by atoms with Crippen LogP contribution in [0, 0.1) is 0 Å². The van der Waals surface area contributed by atoms with Crippen LogP contribution in [0.15, 0.2) is 53.6 Å². The van der Waals surface area contributed by atoms with E-state index in [1.807, 2.05) is 36.1 Å². The van der Waals surface area contributed by atoms with Crippen molar-refractivity contribution in [3.05, 3.63) is 54.2 Å². The Hall–Kier alpha value is -2.88. The molecular weight excluding hydrogens is 430 g/mol. The van der Waals surface area contributed by atoms with Crippen LogP contribution in [0.4, 0.5) is 0 Å². The van der Waals surface area contributed by atoms with Crippen molar-refractivity contribution in [1.29, 1.82) is 0 Å². The number of aromatic nitrogens is 1. The Morgan fingerprint density at radius 2 is 1.72 bits per heavy atom. The summed E-state index contributed by atoms with van der Waals surface area (Å²) in [5.74, 6) is 1.05. The minimum atomic E-state index is -3.66. The minimum Gasteiger partial charge on any atom is -0.486 e. The molecule has 32 heavy (non-hydrogen) atoms. The highest BCUT2D eigenvalue weighted by molar-refractivity contribution is 7.89. The smallest absolute Gasteiger partial charge is 0.243 e. The van der Waals surface area contributed by atoms with Crippen molar-refractivity contribution in [3.8, 4) is 11.5 Å². The number of ether oxygens (including phenoxy) is 2. The largest absolute Gasteiger partial charge is 0.486 e. The van der Waals surface area contributed by atoms with Gasteiger partial charge in [0.15, 0.2) is 17.3 Å². The number of rotatable bonds is 5. The van der Waals surface area contributed by atoms with E-state index in [0.717, 1.165) is 10.9 Å². The number of aromatic amines is 1. The monoisotopic (exact) mass is 455 g/mol. The molecule has 0 saturated carbocycles. The molecule has 2 aromatic carbocycles. The summed E-state index contributed by atoms with van der Waals surface area (Å²) in [5, 5.41) is 0.907. The lowest BCUT2D eigenvalue weighted by atomic mass is 10.0. The molecular formula is C23H25N3O5S. The third-order valence-corrected chi connectivity index (χ3v) is 8.10. The Morgan fingerprint density at radius 3 is 2.50 bits per heavy atom. The van der Waals surface area contributed by atoms with Gasteiger partial charge in [-0.15, -0.1) is 0 Å². The fourth-order valence-corrected chi connectivity index (χ4v) is 5.77. The Bertz CT molecular complexity index is 1260. The van der Waals surface area contributed by atoms with Crippen molar-refractivity contribution in [2.24, 2.45) is 0 Å². The first-order chi connectivity index (χ1) is 15.4. The number of carbonyl (C=O) groups is 1. The third kappa shape index (κ3) is 3.66. The maximum Gasteiger partial charge on any atom is 0.243 e. The highest BCUT2D eigenvalue weighted by Crippen LogP contribution is 2.33. The van der Waals surface area contributed by atoms with Crippen molar-refractivity contribution >= 4 is 26.7 Å². The molecule has 2 aliphatic heterocycles. The predicted molar refractivity (Wildman–Crippen MR) is 120 cm³/mol. The second-order valence-electron chi connectivity index (χ2n) is 8.03. The molecule has 1 saturated heterocycles. The standard InChI is InChI=1S/C23H25N3O5S/c1-16(23(27)19-15-24-20-5-3-2-4-18(19)20)25-8-10-26(11-9-25)32(28,29)17-6-7-21-22(14-17)31-13-12-30-21/h2-7,14-16,24H,8-13H2,1H3. The van der Waals surface area contributed by atoms with Gasteiger partial charge in [0.2, 0.25) is 10.0 Å². The Kier molecular flexibility index (Phi) is 5.40. The van der Waals surface area contributed by atoms with Crippen molar-refractivity contribution < 1.29 is 22.7 Å². The van der Waals surface area contributed by atoms with Crippen molar-refractivity contribution in [2.75, 3.05) is 39.4 Å². The summed E-state index contributed by atoms with van der Waals surface area (Å²) in [7, 11) is -3.66. The van der Waals surface area contributed by atoms with Gasteiger partial charge >= 0.3 is 0 Å². The number of Topliss-reactive ketones (excluding diaryl/α,β-unsaturated/α-hetero) is 1. The van der Waals surface area contributed by atoms with Crippen LogP contribution < -0.4 is 9.47 Å². The number of sulfonamides is 1. The van der Waals surface area contributed by atoms with Gasteiger partial charge in [-0.3, -0.25) is 9.69 Å². The molecule has 1 aromatic heterocycles. The topological polar surface area (TPSA) is 91.9 Å². The van der Waals surface area contributed by atoms with E-state index in [-0.39, 0.29) is 16.7 Å². The summed E-state index contributed by atoms with van der Waals surface area (Å²) in [6.07, 6.45) is 1.76. The summed E-state index contributed by atoms with van der Waals surface area (Å²) in [5.41, 5.74) is 1.60. The molecule has 0 bridgehead atoms. The number of H-pyrrole nitrogens is 1. The molecule has 9 heteroatoms. The number of benzene rings is 2. The van der Waals surface area contributed by atoms with Crippen LogP contribution >= 0.6 is 0 Å². The first-order valence-corrected chi connectivity index (χ1v) is 12.1. The zero-order chi connectivity index (χ0) is 22.3. The van der Waals surface area contributed by atoms with Gasteiger partial charge in [-0.2, -0.15) is 4.31 Å². The first kappa shape index (κ1) is 21.0. The van der Waals surface area contributed by atoms with E-state index in [2.05, 4.69) is 4.98 Å². The number of nitrogens with one attached hydrogen (secondary N) is 1. The molecule has 3 aromatic rings. The maximum atomic E-state index is 13.2. The Morgan fingerprint density at radius 1 is 1.00 bits per heavy atom. The van der Waals surface area contributed by atoms with Crippen LogP contribution in [0.3, 0.4) is 0 Å². The van der Waals surface area contributed by atoms with Gasteiger partial charge in [0.05, 0.1) is 10.9 Å². The number of carbonyl (C=O) groups excluding carboxylic acids is 1. The second kappa shape index (κ2) is 8.23. The number of nitrogens with zero attached hydrogens (tertiary/aromatic N) is 2. The molecule has 2 aliphatic rings. The van der Waals surface area contributed by atoms with Gasteiger partial charge in [0.25, 0.3) is 0 Å². The molecule has 3 heterocycles. The third-order valence-electron chi connectivity index (χ3n) is 6.21. The molecule has 1 fully saturated rings. The summed E-state index contributed by atoms with van der Waals surface area (Å²) in [4.78, 5) is 18.5. The van der Waals surface area contributed by atoms with Gasteiger partial charge in [-0.25, -0.2) is 8.42 Å². The second-order valence-corrected chi connectivity index (χ2v) is 9.97. The number of hydrogen-bond donors (Lipinski definition) is 1. The van der Waals surface area contributed by atoms with Gasteiger partial charge in [-0.1, -0.05) is 18.2 Å². The van der Waals surface area contributed by atoms with E-state index < -0.39 is 10.0 Å². The summed E-state index contributed by atoms with van der Waals surface area (Å²) in [6.45, 7) is 4.35. The van der Waals surface area contributed by atoms with E-state index >= 15 is 0 Å². The molecule has 0 amide bonds. The van der Waals surface area contributed by atoms with Crippen LogP contribution in [0.25, 0.3) is 10.9 Å². The molecule has 168 valence electrons. The van der Waals surface area contributed by atoms with Crippen LogP contribution in [0.5, 0.6) is 11.5 Å². The summed E-state index contributed by atoms with van der Waals surface area (Å²) < 4.78 is 38.8. The Balaban J connectivity index is 1.27. The van der Waals surface area contributed by atoms with E-state index in [4.69, 9.17) is 9.47 Å². The van der Waals surface area contributed by atoms with E-state index in [1.165, 1.54) is 10.4 Å². The minimum absolute atomic E-state index is 0.0330. The van der Waals surface area contributed by atoms with Crippen LogP contribution in [0.1, 0.15) is 17.3 Å². The zero-order valence-electron chi connectivity index (χ0n) is 17.8. The number of para-hydroxylation sites is 1. The van der Waals surface area contributed by atoms with E-state index in [9.17, 15) is 13.2 Å². The van der Waals surface area contributed by atoms with Gasteiger partial charge in [0.1, 0.15) is 13.2 Å². The molecule has 1 N–H and O–H groups in total. The highest BCUT2D eigenvalue weighted by Gasteiger charge is 2.33. The normalized spacial score (nSPS) is 18.5. The molecule has 1 unspecified atom stereocenters. The average molecular weight is 456 g/mol. The van der Waals surface area contributed by atoms with Crippen molar-refractivity contribution in [1.82, 2.24) is 14.2 Å². The van der Waals surface area contributed by atoms with Gasteiger partial charge < -0.3 is 14.5 Å². The fourth-order valence-electron chi connectivity index (χ4n) is 4.33. The molecule has 1 atom stereocenters. The molecule has 0 radical (unpaired) electrons. The van der Waals surface area contributed by atoms with Crippen LogP contribution in [0.2, 0.25) is 0 Å². The highest BCUT2D eigenvalue weighted by atomic mass is 32.2. The number of piperazine rings is 1. The first-order valence-electron chi connectivity index (χ1n) is 10.7. The summed E-state index contributed by atoms with van der Waals surface area (Å²) >= 11 is 0. The van der Waals surface area contributed by atoms with E-state index in [0.29, 0.717) is 56.5 Å². The van der Waals surface area contributed by atoms with Gasteiger partial charge in [0, 0.05) is 54.9 Å². The van der Waals surface area contributed by atoms with Crippen molar-refractivity contribution in [3.63, 3.8) is 0 Å². The van der Waals surface area contributed by atoms with Crippen LogP contribution in [-0.2, 0) is 10.0 Å². The predicted octanol–water partition coefficient (Wildman–Crippen LogP) is 2.52. The lowest BCUT2D eigenvalue weighted by molar-refractivity contribution is 0.0784.